The minimum absolute atomic E-state index is 0.0973. The first-order valence-corrected chi connectivity index (χ1v) is 8.42. The maximum absolute atomic E-state index is 11.4. The molecule has 1 aliphatic heterocycles. The number of para-hydroxylation sites is 1. The van der Waals surface area contributed by atoms with E-state index in [9.17, 15) is 9.90 Å². The van der Waals surface area contributed by atoms with Crippen molar-refractivity contribution in [1.82, 2.24) is 20.1 Å². The predicted molar refractivity (Wildman–Crippen MR) is 93.7 cm³/mol. The first kappa shape index (κ1) is 15.1. The van der Waals surface area contributed by atoms with Gasteiger partial charge in [0.05, 0.1) is 5.69 Å². The van der Waals surface area contributed by atoms with Gasteiger partial charge >= 0.3 is 0 Å². The van der Waals surface area contributed by atoms with Gasteiger partial charge in [-0.3, -0.25) is 4.79 Å². The van der Waals surface area contributed by atoms with E-state index in [0.29, 0.717) is 30.0 Å². The van der Waals surface area contributed by atoms with Crippen molar-refractivity contribution >= 4 is 32.9 Å². The summed E-state index contributed by atoms with van der Waals surface area (Å²) in [7, 11) is 0. The number of benzene rings is 1. The number of phenolic OH excluding ortho intramolecular Hbond substituents is 1. The van der Waals surface area contributed by atoms with E-state index in [1.54, 1.807) is 19.1 Å². The Morgan fingerprint density at radius 2 is 2.08 bits per heavy atom. The van der Waals surface area contributed by atoms with Crippen LogP contribution < -0.4 is 0 Å². The number of carbonyl (C=O) groups is 1. The van der Waals surface area contributed by atoms with Crippen LogP contribution in [0, 0.1) is 0 Å². The Labute approximate surface area is 146 Å². The van der Waals surface area contributed by atoms with E-state index in [1.165, 1.54) is 0 Å². The number of nitrogens with one attached hydrogen (secondary N) is 1. The molecular weight excluding hydrogens is 372 g/mol. The monoisotopic (exact) mass is 386 g/mol. The number of H-pyrrole nitrogens is 1. The number of likely N-dealkylation sites (tertiary alicyclic amines) is 1. The lowest BCUT2D eigenvalue weighted by atomic mass is 9.96. The van der Waals surface area contributed by atoms with E-state index in [2.05, 4.69) is 31.1 Å². The fourth-order valence-electron chi connectivity index (χ4n) is 3.00. The lowest BCUT2D eigenvalue weighted by molar-refractivity contribution is -0.133. The van der Waals surface area contributed by atoms with Crippen LogP contribution in [0.3, 0.4) is 0 Å². The second kappa shape index (κ2) is 5.59. The molecule has 0 aliphatic carbocycles. The molecule has 0 spiro atoms. The molecule has 2 aromatic heterocycles. The molecule has 0 bridgehead atoms. The molecule has 1 amide bonds. The first-order valence-electron chi connectivity index (χ1n) is 7.63. The minimum atomic E-state index is 0.0973. The topological polar surface area (TPSA) is 82.1 Å². The molecule has 3 heterocycles. The highest BCUT2D eigenvalue weighted by Gasteiger charge is 2.33. The highest BCUT2D eigenvalue weighted by atomic mass is 79.9. The quantitative estimate of drug-likeness (QED) is 0.708. The molecular formula is C17H15BrN4O2. The second-order valence-electron chi connectivity index (χ2n) is 5.98. The summed E-state index contributed by atoms with van der Waals surface area (Å²) in [4.78, 5) is 16.5. The Balaban J connectivity index is 1.72. The predicted octanol–water partition coefficient (Wildman–Crippen LogP) is 3.04. The number of hydrogen-bond donors (Lipinski definition) is 2. The SMILES string of the molecule is CC(=O)N1CC(c2[nH]c3nnc(-c4ccccc4O)cc3c2Br)C1. The Bertz CT molecular complexity index is 947. The molecule has 0 atom stereocenters. The highest BCUT2D eigenvalue weighted by molar-refractivity contribution is 9.10. The summed E-state index contributed by atoms with van der Waals surface area (Å²) < 4.78 is 0.942. The van der Waals surface area contributed by atoms with Gasteiger partial charge in [-0.2, -0.15) is 0 Å². The largest absolute Gasteiger partial charge is 0.507 e. The van der Waals surface area contributed by atoms with Crippen molar-refractivity contribution in [3.63, 3.8) is 0 Å². The van der Waals surface area contributed by atoms with Gasteiger partial charge in [0.25, 0.3) is 0 Å². The molecule has 7 heteroatoms. The van der Waals surface area contributed by atoms with Crippen molar-refractivity contribution in [1.29, 1.82) is 0 Å². The average Bonchev–Trinajstić information content (AvgIpc) is 2.83. The third kappa shape index (κ3) is 2.36. The van der Waals surface area contributed by atoms with Crippen LogP contribution in [0.1, 0.15) is 18.5 Å². The van der Waals surface area contributed by atoms with Crippen molar-refractivity contribution < 1.29 is 9.90 Å². The molecule has 3 aromatic rings. The van der Waals surface area contributed by atoms with Crippen LogP contribution in [-0.2, 0) is 4.79 Å². The smallest absolute Gasteiger partial charge is 0.219 e. The van der Waals surface area contributed by atoms with Crippen LogP contribution in [0.5, 0.6) is 5.75 Å². The highest BCUT2D eigenvalue weighted by Crippen LogP contribution is 2.37. The summed E-state index contributed by atoms with van der Waals surface area (Å²) in [5.41, 5.74) is 2.99. The van der Waals surface area contributed by atoms with Gasteiger partial charge in [-0.15, -0.1) is 10.2 Å². The molecule has 1 aromatic carbocycles. The molecule has 4 rings (SSSR count). The summed E-state index contributed by atoms with van der Waals surface area (Å²) in [6.07, 6.45) is 0. The molecule has 0 saturated carbocycles. The van der Waals surface area contributed by atoms with Crippen LogP contribution in [-0.4, -0.2) is 44.2 Å². The molecule has 0 unspecified atom stereocenters. The summed E-state index contributed by atoms with van der Waals surface area (Å²) in [5, 5.41) is 19.4. The number of aromatic nitrogens is 3. The van der Waals surface area contributed by atoms with Crippen LogP contribution in [0.15, 0.2) is 34.8 Å². The van der Waals surface area contributed by atoms with Gasteiger partial charge in [0.2, 0.25) is 5.91 Å². The Morgan fingerprint density at radius 3 is 2.79 bits per heavy atom. The first-order chi connectivity index (χ1) is 11.5. The standard InChI is InChI=1S/C17H15BrN4O2/c1-9(23)22-7-10(8-22)16-15(18)12-6-13(20-21-17(12)19-16)11-4-2-3-5-14(11)24/h2-6,10,24H,7-8H2,1H3,(H,19,21). The van der Waals surface area contributed by atoms with E-state index < -0.39 is 0 Å². The lowest BCUT2D eigenvalue weighted by Crippen LogP contribution is -2.47. The van der Waals surface area contributed by atoms with Gasteiger partial charge in [0.15, 0.2) is 5.65 Å². The summed E-state index contributed by atoms with van der Waals surface area (Å²) >= 11 is 3.64. The number of aromatic hydroxyl groups is 1. The van der Waals surface area contributed by atoms with Crippen LogP contribution in [0.4, 0.5) is 0 Å². The third-order valence-corrected chi connectivity index (χ3v) is 5.29. The number of aromatic amines is 1. The van der Waals surface area contributed by atoms with Crippen molar-refractivity contribution in [3.8, 4) is 17.0 Å². The van der Waals surface area contributed by atoms with Crippen molar-refractivity contribution in [2.45, 2.75) is 12.8 Å². The molecule has 1 fully saturated rings. The maximum Gasteiger partial charge on any atom is 0.219 e. The molecule has 1 saturated heterocycles. The van der Waals surface area contributed by atoms with Crippen molar-refractivity contribution in [3.05, 3.63) is 40.5 Å². The van der Waals surface area contributed by atoms with Crippen LogP contribution in [0.2, 0.25) is 0 Å². The van der Waals surface area contributed by atoms with Gasteiger partial charge in [-0.05, 0) is 34.1 Å². The number of halogens is 1. The molecule has 1 aliphatic rings. The Kier molecular flexibility index (Phi) is 3.53. The van der Waals surface area contributed by atoms with Gasteiger partial charge < -0.3 is 15.0 Å². The lowest BCUT2D eigenvalue weighted by Gasteiger charge is -2.38. The average molecular weight is 387 g/mol. The minimum Gasteiger partial charge on any atom is -0.507 e. The number of rotatable bonds is 2. The van der Waals surface area contributed by atoms with Crippen LogP contribution in [0.25, 0.3) is 22.3 Å². The van der Waals surface area contributed by atoms with Crippen molar-refractivity contribution in [2.75, 3.05) is 13.1 Å². The normalized spacial score (nSPS) is 14.8. The van der Waals surface area contributed by atoms with Gasteiger partial charge in [0, 0.05) is 47.0 Å². The van der Waals surface area contributed by atoms with E-state index in [-0.39, 0.29) is 17.6 Å². The molecule has 2 N–H and O–H groups in total. The Morgan fingerprint density at radius 1 is 1.33 bits per heavy atom. The van der Waals surface area contributed by atoms with E-state index in [1.807, 2.05) is 23.1 Å². The summed E-state index contributed by atoms with van der Waals surface area (Å²) in [6.45, 7) is 3.00. The third-order valence-electron chi connectivity index (χ3n) is 4.44. The van der Waals surface area contributed by atoms with Crippen LogP contribution >= 0.6 is 15.9 Å². The summed E-state index contributed by atoms with van der Waals surface area (Å²) in [5.74, 6) is 0.542. The maximum atomic E-state index is 11.4. The molecule has 6 nitrogen and oxygen atoms in total. The number of phenols is 1. The number of fused-ring (bicyclic) bond motifs is 1. The van der Waals surface area contributed by atoms with E-state index in [0.717, 1.165) is 15.6 Å². The number of carbonyl (C=O) groups excluding carboxylic acids is 1. The van der Waals surface area contributed by atoms with Crippen molar-refractivity contribution in [2.24, 2.45) is 0 Å². The van der Waals surface area contributed by atoms with Gasteiger partial charge in [-0.1, -0.05) is 12.1 Å². The second-order valence-corrected chi connectivity index (χ2v) is 6.78. The zero-order chi connectivity index (χ0) is 16.8. The Hall–Kier alpha value is -2.41. The fraction of sp³-hybridized carbons (Fsp3) is 0.235. The van der Waals surface area contributed by atoms with Gasteiger partial charge in [-0.25, -0.2) is 0 Å². The molecule has 24 heavy (non-hydrogen) atoms. The molecule has 122 valence electrons. The summed E-state index contributed by atoms with van der Waals surface area (Å²) in [6, 6.07) is 8.96. The zero-order valence-electron chi connectivity index (χ0n) is 13.0. The van der Waals surface area contributed by atoms with E-state index in [4.69, 9.17) is 0 Å². The number of hydrogen-bond acceptors (Lipinski definition) is 4. The zero-order valence-corrected chi connectivity index (χ0v) is 14.5. The fourth-order valence-corrected chi connectivity index (χ4v) is 3.73. The van der Waals surface area contributed by atoms with Gasteiger partial charge in [0.1, 0.15) is 5.75 Å². The molecule has 0 radical (unpaired) electrons. The van der Waals surface area contributed by atoms with E-state index >= 15 is 0 Å². The number of amides is 1. The number of nitrogens with zero attached hydrogens (tertiary/aromatic N) is 3.